The number of nitrogens with one attached hydrogen (secondary N) is 1. The van der Waals surface area contributed by atoms with Crippen molar-refractivity contribution >= 4 is 27.9 Å². The molecule has 0 fully saturated rings. The molecule has 104 valence electrons. The van der Waals surface area contributed by atoms with Gasteiger partial charge in [-0.3, -0.25) is 4.79 Å². The second kappa shape index (κ2) is 8.12. The lowest BCUT2D eigenvalue weighted by Gasteiger charge is -2.04. The molecule has 0 aliphatic carbocycles. The molecule has 0 radical (unpaired) electrons. The molecule has 1 unspecified atom stereocenters. The number of rotatable bonds is 6. The van der Waals surface area contributed by atoms with Gasteiger partial charge in [0.2, 0.25) is 5.91 Å². The van der Waals surface area contributed by atoms with Crippen LogP contribution in [0, 0.1) is 6.92 Å². The van der Waals surface area contributed by atoms with E-state index in [9.17, 15) is 4.79 Å². The second-order valence-electron chi connectivity index (χ2n) is 4.64. The molecule has 0 aliphatic heterocycles. The molecule has 1 amide bonds. The molecule has 0 aromatic heterocycles. The van der Waals surface area contributed by atoms with Gasteiger partial charge in [0.25, 0.3) is 0 Å². The Labute approximate surface area is 122 Å². The highest BCUT2D eigenvalue weighted by atomic mass is 79.9. The number of aliphatic hydroxyl groups excluding tert-OH is 1. The van der Waals surface area contributed by atoms with E-state index in [2.05, 4.69) is 21.2 Å². The smallest absolute Gasteiger partial charge is 0.243 e. The van der Waals surface area contributed by atoms with E-state index in [4.69, 9.17) is 5.11 Å². The van der Waals surface area contributed by atoms with Crippen molar-refractivity contribution in [1.82, 2.24) is 5.32 Å². The van der Waals surface area contributed by atoms with E-state index in [-0.39, 0.29) is 12.0 Å². The first kappa shape index (κ1) is 15.9. The minimum absolute atomic E-state index is 0.113. The minimum Gasteiger partial charge on any atom is -0.393 e. The summed E-state index contributed by atoms with van der Waals surface area (Å²) in [7, 11) is 0. The summed E-state index contributed by atoms with van der Waals surface area (Å²) in [6, 6.07) is 5.99. The van der Waals surface area contributed by atoms with E-state index in [1.54, 1.807) is 13.0 Å². The molecule has 0 aliphatic rings. The highest BCUT2D eigenvalue weighted by Gasteiger charge is 1.99. The highest BCUT2D eigenvalue weighted by Crippen LogP contribution is 2.19. The monoisotopic (exact) mass is 325 g/mol. The normalized spacial score (nSPS) is 12.6. The lowest BCUT2D eigenvalue weighted by molar-refractivity contribution is -0.116. The van der Waals surface area contributed by atoms with Gasteiger partial charge in [-0.05, 0) is 50.0 Å². The fourth-order valence-electron chi connectivity index (χ4n) is 1.60. The minimum atomic E-state index is -0.309. The topological polar surface area (TPSA) is 49.3 Å². The van der Waals surface area contributed by atoms with Gasteiger partial charge in [-0.15, -0.1) is 0 Å². The first-order valence-electron chi connectivity index (χ1n) is 6.39. The van der Waals surface area contributed by atoms with Gasteiger partial charge < -0.3 is 10.4 Å². The SMILES string of the molecule is Cc1ccc(/C=C/C(=O)NCCCC(C)O)c(Br)c1. The van der Waals surface area contributed by atoms with Crippen LogP contribution in [0.15, 0.2) is 28.7 Å². The molecular weight excluding hydrogens is 306 g/mol. The van der Waals surface area contributed by atoms with Crippen molar-refractivity contribution in [3.05, 3.63) is 39.9 Å². The zero-order chi connectivity index (χ0) is 14.3. The molecule has 0 bridgehead atoms. The number of carbonyl (C=O) groups is 1. The third-order valence-corrected chi connectivity index (χ3v) is 3.35. The van der Waals surface area contributed by atoms with Crippen molar-refractivity contribution in [2.24, 2.45) is 0 Å². The second-order valence-corrected chi connectivity index (χ2v) is 5.49. The van der Waals surface area contributed by atoms with Crippen LogP contribution >= 0.6 is 15.9 Å². The summed E-state index contributed by atoms with van der Waals surface area (Å²) in [6.07, 6.45) is 4.49. The molecule has 0 saturated carbocycles. The average Bonchev–Trinajstić information content (AvgIpc) is 2.33. The fraction of sp³-hybridized carbons (Fsp3) is 0.400. The summed E-state index contributed by atoms with van der Waals surface area (Å²) in [4.78, 5) is 11.6. The first-order valence-corrected chi connectivity index (χ1v) is 7.18. The maximum Gasteiger partial charge on any atom is 0.243 e. The number of hydrogen-bond donors (Lipinski definition) is 2. The van der Waals surface area contributed by atoms with E-state index < -0.39 is 0 Å². The molecule has 1 rings (SSSR count). The molecular formula is C15H20BrNO2. The summed E-state index contributed by atoms with van der Waals surface area (Å²) in [6.45, 7) is 4.35. The van der Waals surface area contributed by atoms with E-state index >= 15 is 0 Å². The summed E-state index contributed by atoms with van der Waals surface area (Å²) < 4.78 is 0.977. The number of amides is 1. The predicted molar refractivity (Wildman–Crippen MR) is 81.8 cm³/mol. The van der Waals surface area contributed by atoms with Gasteiger partial charge in [0.15, 0.2) is 0 Å². The third kappa shape index (κ3) is 6.55. The first-order chi connectivity index (χ1) is 8.99. The Kier molecular flexibility index (Phi) is 6.81. The Morgan fingerprint density at radius 1 is 1.53 bits per heavy atom. The Bertz CT molecular complexity index is 455. The van der Waals surface area contributed by atoms with Crippen LogP contribution in [0.25, 0.3) is 6.08 Å². The molecule has 1 atom stereocenters. The van der Waals surface area contributed by atoms with Gasteiger partial charge in [0, 0.05) is 17.1 Å². The lowest BCUT2D eigenvalue weighted by Crippen LogP contribution is -2.22. The van der Waals surface area contributed by atoms with Gasteiger partial charge >= 0.3 is 0 Å². The van der Waals surface area contributed by atoms with Crippen LogP contribution < -0.4 is 5.32 Å². The van der Waals surface area contributed by atoms with E-state index in [1.165, 1.54) is 11.6 Å². The molecule has 4 heteroatoms. The summed E-state index contributed by atoms with van der Waals surface area (Å²) in [5, 5.41) is 11.9. The molecule has 0 heterocycles. The van der Waals surface area contributed by atoms with Crippen molar-refractivity contribution in [3.63, 3.8) is 0 Å². The summed E-state index contributed by atoms with van der Waals surface area (Å²) in [5.74, 6) is -0.113. The van der Waals surface area contributed by atoms with Crippen LogP contribution in [0.3, 0.4) is 0 Å². The maximum absolute atomic E-state index is 11.6. The maximum atomic E-state index is 11.6. The van der Waals surface area contributed by atoms with E-state index in [0.717, 1.165) is 16.5 Å². The number of halogens is 1. The fourth-order valence-corrected chi connectivity index (χ4v) is 2.23. The largest absolute Gasteiger partial charge is 0.393 e. The van der Waals surface area contributed by atoms with Gasteiger partial charge in [0.05, 0.1) is 6.10 Å². The van der Waals surface area contributed by atoms with Crippen LogP contribution in [-0.2, 0) is 4.79 Å². The van der Waals surface area contributed by atoms with Crippen LogP contribution in [0.4, 0.5) is 0 Å². The zero-order valence-electron chi connectivity index (χ0n) is 11.3. The quantitative estimate of drug-likeness (QED) is 0.624. The van der Waals surface area contributed by atoms with Crippen LogP contribution in [-0.4, -0.2) is 23.7 Å². The number of benzene rings is 1. The molecule has 3 nitrogen and oxygen atoms in total. The average molecular weight is 326 g/mol. The molecule has 19 heavy (non-hydrogen) atoms. The number of hydrogen-bond acceptors (Lipinski definition) is 2. The van der Waals surface area contributed by atoms with Crippen molar-refractivity contribution in [1.29, 1.82) is 0 Å². The zero-order valence-corrected chi connectivity index (χ0v) is 12.9. The van der Waals surface area contributed by atoms with Crippen molar-refractivity contribution in [3.8, 4) is 0 Å². The number of carbonyl (C=O) groups excluding carboxylic acids is 1. The molecule has 0 saturated heterocycles. The summed E-state index contributed by atoms with van der Waals surface area (Å²) >= 11 is 3.47. The van der Waals surface area contributed by atoms with Gasteiger partial charge in [-0.2, -0.15) is 0 Å². The molecule has 1 aromatic rings. The van der Waals surface area contributed by atoms with Crippen LogP contribution in [0.1, 0.15) is 30.9 Å². The Hall–Kier alpha value is -1.13. The Morgan fingerprint density at radius 3 is 2.89 bits per heavy atom. The predicted octanol–water partition coefficient (Wildman–Crippen LogP) is 3.05. The van der Waals surface area contributed by atoms with Crippen LogP contribution in [0.2, 0.25) is 0 Å². The van der Waals surface area contributed by atoms with Crippen molar-refractivity contribution in [2.75, 3.05) is 6.54 Å². The van der Waals surface area contributed by atoms with Gasteiger partial charge in [-0.1, -0.05) is 28.1 Å². The van der Waals surface area contributed by atoms with Crippen molar-refractivity contribution < 1.29 is 9.90 Å². The van der Waals surface area contributed by atoms with Crippen molar-refractivity contribution in [2.45, 2.75) is 32.8 Å². The lowest BCUT2D eigenvalue weighted by atomic mass is 10.1. The van der Waals surface area contributed by atoms with E-state index in [1.807, 2.05) is 25.1 Å². The third-order valence-electron chi connectivity index (χ3n) is 2.67. The number of aryl methyl sites for hydroxylation is 1. The van der Waals surface area contributed by atoms with Gasteiger partial charge in [-0.25, -0.2) is 0 Å². The molecule has 2 N–H and O–H groups in total. The Morgan fingerprint density at radius 2 is 2.26 bits per heavy atom. The number of aliphatic hydroxyl groups is 1. The van der Waals surface area contributed by atoms with E-state index in [0.29, 0.717) is 13.0 Å². The van der Waals surface area contributed by atoms with Gasteiger partial charge in [0.1, 0.15) is 0 Å². The Balaban J connectivity index is 2.41. The molecule has 0 spiro atoms. The summed E-state index contributed by atoms with van der Waals surface area (Å²) in [5.41, 5.74) is 2.15. The standard InChI is InChI=1S/C15H20BrNO2/c1-11-5-6-13(14(16)10-11)7-8-15(19)17-9-3-4-12(2)18/h5-8,10,12,18H,3-4,9H2,1-2H3,(H,17,19)/b8-7+. The highest BCUT2D eigenvalue weighted by molar-refractivity contribution is 9.10. The van der Waals surface area contributed by atoms with Crippen LogP contribution in [0.5, 0.6) is 0 Å². The molecule has 1 aromatic carbocycles.